The summed E-state index contributed by atoms with van der Waals surface area (Å²) in [4.78, 5) is 0. The number of hydrogen-bond acceptors (Lipinski definition) is 5. The molecular weight excluding hydrogens is 344 g/mol. The molecule has 0 saturated heterocycles. The van der Waals surface area contributed by atoms with Crippen molar-refractivity contribution in [2.24, 2.45) is 5.84 Å². The maximum absolute atomic E-state index is 11.5. The molecule has 0 spiro atoms. The molecule has 20 heavy (non-hydrogen) atoms. The Morgan fingerprint density at radius 2 is 2.15 bits per heavy atom. The molecule has 0 radical (unpaired) electrons. The van der Waals surface area contributed by atoms with Crippen molar-refractivity contribution in [1.82, 2.24) is 5.43 Å². The summed E-state index contributed by atoms with van der Waals surface area (Å²) >= 11 is 3.48. The first-order chi connectivity index (χ1) is 9.43. The highest BCUT2D eigenvalue weighted by Gasteiger charge is 2.16. The second-order valence-electron chi connectivity index (χ2n) is 4.49. The Morgan fingerprint density at radius 3 is 2.70 bits per heavy atom. The lowest BCUT2D eigenvalue weighted by Crippen LogP contribution is -2.28. The minimum atomic E-state index is -2.93. The SMILES string of the molecule is CCS(=O)(=O)CCCC(NN)c1cc(OC)ccc1Br. The van der Waals surface area contributed by atoms with Crippen molar-refractivity contribution in [3.05, 3.63) is 28.2 Å². The van der Waals surface area contributed by atoms with Crippen molar-refractivity contribution >= 4 is 25.8 Å². The molecule has 0 heterocycles. The molecule has 1 rings (SSSR count). The first kappa shape index (κ1) is 17.4. The molecule has 7 heteroatoms. The second-order valence-corrected chi connectivity index (χ2v) is 7.81. The van der Waals surface area contributed by atoms with E-state index >= 15 is 0 Å². The quantitative estimate of drug-likeness (QED) is 0.545. The Bertz CT molecular complexity index is 534. The van der Waals surface area contributed by atoms with E-state index in [1.54, 1.807) is 14.0 Å². The van der Waals surface area contributed by atoms with Gasteiger partial charge in [0.25, 0.3) is 0 Å². The summed E-state index contributed by atoms with van der Waals surface area (Å²) in [5.74, 6) is 6.69. The number of hydrogen-bond donors (Lipinski definition) is 2. The molecule has 0 saturated carbocycles. The number of methoxy groups -OCH3 is 1. The van der Waals surface area contributed by atoms with E-state index in [0.29, 0.717) is 12.8 Å². The van der Waals surface area contributed by atoms with E-state index in [-0.39, 0.29) is 17.5 Å². The summed E-state index contributed by atoms with van der Waals surface area (Å²) in [6, 6.07) is 5.51. The van der Waals surface area contributed by atoms with Gasteiger partial charge in [0.15, 0.2) is 0 Å². The minimum absolute atomic E-state index is 0.119. The summed E-state index contributed by atoms with van der Waals surface area (Å²) < 4.78 is 29.1. The van der Waals surface area contributed by atoms with Gasteiger partial charge in [0, 0.05) is 16.3 Å². The van der Waals surface area contributed by atoms with Crippen molar-refractivity contribution in [2.75, 3.05) is 18.6 Å². The van der Waals surface area contributed by atoms with Crippen molar-refractivity contribution in [3.63, 3.8) is 0 Å². The number of benzene rings is 1. The van der Waals surface area contributed by atoms with Crippen LogP contribution in [0.15, 0.2) is 22.7 Å². The fourth-order valence-corrected chi connectivity index (χ4v) is 3.31. The molecule has 1 aromatic rings. The monoisotopic (exact) mass is 364 g/mol. The van der Waals surface area contributed by atoms with Crippen LogP contribution in [0, 0.1) is 0 Å². The summed E-state index contributed by atoms with van der Waals surface area (Å²) in [7, 11) is -1.33. The maximum atomic E-state index is 11.5. The Morgan fingerprint density at radius 1 is 1.45 bits per heavy atom. The standard InChI is InChI=1S/C13H21BrN2O3S/c1-3-20(17,18)8-4-5-13(16-15)11-9-10(19-2)6-7-12(11)14/h6-7,9,13,16H,3-5,8,15H2,1-2H3. The molecule has 0 aliphatic heterocycles. The molecule has 1 atom stereocenters. The Labute approximate surface area is 128 Å². The number of halogens is 1. The molecule has 0 fully saturated rings. The van der Waals surface area contributed by atoms with Gasteiger partial charge in [0.1, 0.15) is 15.6 Å². The minimum Gasteiger partial charge on any atom is -0.497 e. The number of nitrogens with one attached hydrogen (secondary N) is 1. The van der Waals surface area contributed by atoms with Crippen LogP contribution >= 0.6 is 15.9 Å². The van der Waals surface area contributed by atoms with Gasteiger partial charge in [-0.15, -0.1) is 0 Å². The van der Waals surface area contributed by atoms with Crippen LogP contribution in [-0.4, -0.2) is 27.0 Å². The summed E-state index contributed by atoms with van der Waals surface area (Å²) in [6.07, 6.45) is 1.20. The van der Waals surface area contributed by atoms with Gasteiger partial charge in [0.2, 0.25) is 0 Å². The topological polar surface area (TPSA) is 81.4 Å². The van der Waals surface area contributed by atoms with Crippen molar-refractivity contribution in [1.29, 1.82) is 0 Å². The zero-order chi connectivity index (χ0) is 15.2. The molecule has 114 valence electrons. The zero-order valence-electron chi connectivity index (χ0n) is 11.7. The highest BCUT2D eigenvalue weighted by molar-refractivity contribution is 9.10. The first-order valence-electron chi connectivity index (χ1n) is 6.43. The van der Waals surface area contributed by atoms with Gasteiger partial charge < -0.3 is 4.74 Å². The summed E-state index contributed by atoms with van der Waals surface area (Å²) in [5.41, 5.74) is 3.69. The van der Waals surface area contributed by atoms with Crippen molar-refractivity contribution in [3.8, 4) is 5.75 Å². The lowest BCUT2D eigenvalue weighted by atomic mass is 10.0. The highest BCUT2D eigenvalue weighted by atomic mass is 79.9. The first-order valence-corrected chi connectivity index (χ1v) is 9.05. The van der Waals surface area contributed by atoms with Crippen LogP contribution in [0.1, 0.15) is 31.4 Å². The van der Waals surface area contributed by atoms with Crippen LogP contribution in [0.2, 0.25) is 0 Å². The smallest absolute Gasteiger partial charge is 0.150 e. The number of sulfone groups is 1. The molecule has 1 aromatic carbocycles. The van der Waals surface area contributed by atoms with E-state index in [9.17, 15) is 8.42 Å². The molecule has 5 nitrogen and oxygen atoms in total. The van der Waals surface area contributed by atoms with E-state index in [0.717, 1.165) is 15.8 Å². The molecule has 0 aliphatic carbocycles. The molecule has 0 bridgehead atoms. The predicted molar refractivity (Wildman–Crippen MR) is 84.3 cm³/mol. The molecule has 3 N–H and O–H groups in total. The summed E-state index contributed by atoms with van der Waals surface area (Å²) in [6.45, 7) is 1.66. The average molecular weight is 365 g/mol. The zero-order valence-corrected chi connectivity index (χ0v) is 14.1. The van der Waals surface area contributed by atoms with Gasteiger partial charge in [-0.1, -0.05) is 22.9 Å². The Hall–Kier alpha value is -0.630. The third-order valence-electron chi connectivity index (χ3n) is 3.17. The van der Waals surface area contributed by atoms with Gasteiger partial charge in [-0.3, -0.25) is 11.3 Å². The van der Waals surface area contributed by atoms with E-state index in [4.69, 9.17) is 10.6 Å². The van der Waals surface area contributed by atoms with Crippen LogP contribution in [0.4, 0.5) is 0 Å². The van der Waals surface area contributed by atoms with Gasteiger partial charge in [-0.25, -0.2) is 8.42 Å². The predicted octanol–water partition coefficient (Wildman–Crippen LogP) is 2.18. The number of rotatable bonds is 8. The van der Waals surface area contributed by atoms with Crippen LogP contribution in [-0.2, 0) is 9.84 Å². The largest absolute Gasteiger partial charge is 0.497 e. The Kier molecular flexibility index (Phi) is 6.94. The van der Waals surface area contributed by atoms with Crippen LogP contribution in [0.3, 0.4) is 0 Å². The molecule has 1 unspecified atom stereocenters. The Balaban J connectivity index is 2.76. The van der Waals surface area contributed by atoms with Crippen LogP contribution < -0.4 is 16.0 Å². The van der Waals surface area contributed by atoms with E-state index < -0.39 is 9.84 Å². The third kappa shape index (κ3) is 5.05. The number of hydrazine groups is 1. The lowest BCUT2D eigenvalue weighted by molar-refractivity contribution is 0.412. The molecule has 0 amide bonds. The van der Waals surface area contributed by atoms with Crippen LogP contribution in [0.5, 0.6) is 5.75 Å². The van der Waals surface area contributed by atoms with E-state index in [1.807, 2.05) is 18.2 Å². The summed E-state index contributed by atoms with van der Waals surface area (Å²) in [5, 5.41) is 0. The van der Waals surface area contributed by atoms with Crippen molar-refractivity contribution in [2.45, 2.75) is 25.8 Å². The fourth-order valence-electron chi connectivity index (χ4n) is 1.90. The van der Waals surface area contributed by atoms with Gasteiger partial charge >= 0.3 is 0 Å². The maximum Gasteiger partial charge on any atom is 0.150 e. The molecule has 0 aliphatic rings. The number of nitrogens with two attached hydrogens (primary N) is 1. The fraction of sp³-hybridized carbons (Fsp3) is 0.538. The molecular formula is C13H21BrN2O3S. The second kappa shape index (κ2) is 7.97. The molecule has 0 aromatic heterocycles. The van der Waals surface area contributed by atoms with Gasteiger partial charge in [0.05, 0.1) is 12.9 Å². The number of ether oxygens (including phenoxy) is 1. The normalized spacial score (nSPS) is 13.2. The lowest BCUT2D eigenvalue weighted by Gasteiger charge is -2.18. The van der Waals surface area contributed by atoms with Gasteiger partial charge in [-0.2, -0.15) is 0 Å². The van der Waals surface area contributed by atoms with Gasteiger partial charge in [-0.05, 0) is 36.6 Å². The van der Waals surface area contributed by atoms with E-state index in [1.165, 1.54) is 0 Å². The highest BCUT2D eigenvalue weighted by Crippen LogP contribution is 2.29. The van der Waals surface area contributed by atoms with Crippen molar-refractivity contribution < 1.29 is 13.2 Å². The average Bonchev–Trinajstić information content (AvgIpc) is 2.44. The third-order valence-corrected chi connectivity index (χ3v) is 5.68. The van der Waals surface area contributed by atoms with E-state index in [2.05, 4.69) is 21.4 Å². The van der Waals surface area contributed by atoms with Crippen LogP contribution in [0.25, 0.3) is 0 Å².